The third kappa shape index (κ3) is 5.58. The molecule has 0 aliphatic heterocycles. The Morgan fingerprint density at radius 3 is 2.55 bits per heavy atom. The molecule has 1 fully saturated rings. The number of ether oxygens (including phenoxy) is 1. The number of hydrogen-bond donors (Lipinski definition) is 2. The largest absolute Gasteiger partial charge is 0.489 e. The number of rotatable bonds is 6. The Kier molecular flexibility index (Phi) is 6.56. The molecule has 1 amide bonds. The number of carbonyl (C=O) groups excluding carboxylic acids is 1. The molecule has 22 heavy (non-hydrogen) atoms. The minimum atomic E-state index is 0.0613. The van der Waals surface area contributed by atoms with Crippen LogP contribution in [0.4, 0.5) is 5.69 Å². The Morgan fingerprint density at radius 2 is 1.86 bits per heavy atom. The fraction of sp³-hybridized carbons (Fsp3) is 0.611. The second-order valence-electron chi connectivity index (χ2n) is 6.27. The Labute approximate surface area is 133 Å². The zero-order chi connectivity index (χ0) is 15.8. The smallest absolute Gasteiger partial charge is 0.239 e. The highest BCUT2D eigenvalue weighted by Crippen LogP contribution is 2.24. The summed E-state index contributed by atoms with van der Waals surface area (Å²) < 4.78 is 5.75. The van der Waals surface area contributed by atoms with E-state index in [-0.39, 0.29) is 18.6 Å². The monoisotopic (exact) mass is 304 g/mol. The number of para-hydroxylation sites is 2. The van der Waals surface area contributed by atoms with E-state index in [2.05, 4.69) is 10.6 Å². The molecule has 1 aliphatic carbocycles. The van der Waals surface area contributed by atoms with Gasteiger partial charge < -0.3 is 15.4 Å². The van der Waals surface area contributed by atoms with Crippen LogP contribution in [-0.2, 0) is 4.79 Å². The first-order valence-electron chi connectivity index (χ1n) is 8.44. The highest BCUT2D eigenvalue weighted by atomic mass is 16.5. The fourth-order valence-electron chi connectivity index (χ4n) is 2.85. The van der Waals surface area contributed by atoms with E-state index < -0.39 is 0 Å². The number of hydrogen-bond acceptors (Lipinski definition) is 3. The minimum Gasteiger partial charge on any atom is -0.489 e. The molecule has 0 heterocycles. The van der Waals surface area contributed by atoms with Crippen molar-refractivity contribution in [2.24, 2.45) is 0 Å². The second kappa shape index (κ2) is 8.66. The van der Waals surface area contributed by atoms with Gasteiger partial charge in [0, 0.05) is 6.04 Å². The van der Waals surface area contributed by atoms with Crippen LogP contribution in [0.15, 0.2) is 24.3 Å². The predicted octanol–water partition coefficient (Wildman–Crippen LogP) is 3.72. The number of anilines is 1. The van der Waals surface area contributed by atoms with Crippen LogP contribution in [0.3, 0.4) is 0 Å². The molecule has 1 aromatic rings. The maximum absolute atomic E-state index is 12.1. The summed E-state index contributed by atoms with van der Waals surface area (Å²) in [5.74, 6) is 0.853. The molecule has 122 valence electrons. The van der Waals surface area contributed by atoms with Gasteiger partial charge in [-0.1, -0.05) is 37.8 Å². The Bertz CT molecular complexity index is 466. The predicted molar refractivity (Wildman–Crippen MR) is 90.3 cm³/mol. The summed E-state index contributed by atoms with van der Waals surface area (Å²) in [4.78, 5) is 12.1. The molecule has 0 saturated heterocycles. The lowest BCUT2D eigenvalue weighted by Crippen LogP contribution is -2.38. The molecule has 4 nitrogen and oxygen atoms in total. The van der Waals surface area contributed by atoms with Gasteiger partial charge >= 0.3 is 0 Å². The van der Waals surface area contributed by atoms with Crippen LogP contribution >= 0.6 is 0 Å². The third-order valence-corrected chi connectivity index (χ3v) is 3.91. The van der Waals surface area contributed by atoms with E-state index in [0.717, 1.165) is 24.3 Å². The Balaban J connectivity index is 1.83. The Morgan fingerprint density at radius 1 is 1.18 bits per heavy atom. The van der Waals surface area contributed by atoms with E-state index in [0.29, 0.717) is 6.04 Å². The maximum Gasteiger partial charge on any atom is 0.239 e. The van der Waals surface area contributed by atoms with Crippen LogP contribution in [-0.4, -0.2) is 24.6 Å². The van der Waals surface area contributed by atoms with E-state index in [4.69, 9.17) is 4.74 Å². The van der Waals surface area contributed by atoms with Gasteiger partial charge in [0.2, 0.25) is 5.91 Å². The van der Waals surface area contributed by atoms with Gasteiger partial charge in [0.1, 0.15) is 5.75 Å². The van der Waals surface area contributed by atoms with Crippen LogP contribution in [0.5, 0.6) is 5.75 Å². The summed E-state index contributed by atoms with van der Waals surface area (Å²) in [6.07, 6.45) is 7.38. The lowest BCUT2D eigenvalue weighted by molar-refractivity contribution is -0.120. The number of nitrogens with one attached hydrogen (secondary N) is 2. The van der Waals surface area contributed by atoms with Crippen molar-refractivity contribution >= 4 is 11.6 Å². The van der Waals surface area contributed by atoms with E-state index >= 15 is 0 Å². The standard InChI is InChI=1S/C18H28N2O2/c1-14(2)22-17-12-8-7-11-16(17)19-13-18(21)20-15-9-5-3-4-6-10-15/h7-8,11-12,14-15,19H,3-6,9-10,13H2,1-2H3,(H,20,21). The number of amides is 1. The van der Waals surface area contributed by atoms with Gasteiger partial charge in [-0.25, -0.2) is 0 Å². The van der Waals surface area contributed by atoms with Crippen molar-refractivity contribution in [3.63, 3.8) is 0 Å². The molecule has 2 rings (SSSR count). The molecule has 0 radical (unpaired) electrons. The molecule has 0 unspecified atom stereocenters. The average Bonchev–Trinajstić information content (AvgIpc) is 2.74. The van der Waals surface area contributed by atoms with Crippen LogP contribution < -0.4 is 15.4 Å². The van der Waals surface area contributed by atoms with E-state index in [1.807, 2.05) is 38.1 Å². The van der Waals surface area contributed by atoms with Crippen molar-refractivity contribution in [2.45, 2.75) is 64.5 Å². The van der Waals surface area contributed by atoms with Crippen LogP contribution in [0.1, 0.15) is 52.4 Å². The van der Waals surface area contributed by atoms with Crippen LogP contribution in [0.25, 0.3) is 0 Å². The summed E-state index contributed by atoms with van der Waals surface area (Å²) in [6, 6.07) is 8.09. The van der Waals surface area contributed by atoms with Crippen molar-refractivity contribution in [2.75, 3.05) is 11.9 Å². The van der Waals surface area contributed by atoms with Gasteiger partial charge in [0.15, 0.2) is 0 Å². The zero-order valence-electron chi connectivity index (χ0n) is 13.7. The summed E-state index contributed by atoms with van der Waals surface area (Å²) >= 11 is 0. The molecule has 1 aromatic carbocycles. The normalized spacial score (nSPS) is 16.1. The van der Waals surface area contributed by atoms with E-state index in [9.17, 15) is 4.79 Å². The van der Waals surface area contributed by atoms with Gasteiger partial charge in [-0.3, -0.25) is 4.79 Å². The number of benzene rings is 1. The summed E-state index contributed by atoms with van der Waals surface area (Å²) in [5, 5.41) is 6.33. The first-order valence-corrected chi connectivity index (χ1v) is 8.44. The minimum absolute atomic E-state index is 0.0613. The van der Waals surface area contributed by atoms with Crippen molar-refractivity contribution in [3.8, 4) is 5.75 Å². The topological polar surface area (TPSA) is 50.4 Å². The summed E-state index contributed by atoms with van der Waals surface area (Å²) in [7, 11) is 0. The summed E-state index contributed by atoms with van der Waals surface area (Å²) in [6.45, 7) is 4.28. The van der Waals surface area contributed by atoms with Crippen molar-refractivity contribution < 1.29 is 9.53 Å². The lowest BCUT2D eigenvalue weighted by Gasteiger charge is -2.18. The van der Waals surface area contributed by atoms with Gasteiger partial charge in [-0.15, -0.1) is 0 Å². The zero-order valence-corrected chi connectivity index (χ0v) is 13.7. The van der Waals surface area contributed by atoms with Gasteiger partial charge in [0.25, 0.3) is 0 Å². The molecule has 1 aliphatic rings. The molecule has 1 saturated carbocycles. The van der Waals surface area contributed by atoms with Crippen LogP contribution in [0, 0.1) is 0 Å². The quantitative estimate of drug-likeness (QED) is 0.787. The highest BCUT2D eigenvalue weighted by Gasteiger charge is 2.14. The van der Waals surface area contributed by atoms with E-state index in [1.54, 1.807) is 0 Å². The molecule has 0 spiro atoms. The third-order valence-electron chi connectivity index (χ3n) is 3.91. The van der Waals surface area contributed by atoms with Crippen molar-refractivity contribution in [1.82, 2.24) is 5.32 Å². The Hall–Kier alpha value is -1.71. The van der Waals surface area contributed by atoms with Gasteiger partial charge in [0.05, 0.1) is 18.3 Å². The maximum atomic E-state index is 12.1. The molecule has 4 heteroatoms. The lowest BCUT2D eigenvalue weighted by atomic mass is 10.1. The molecule has 0 atom stereocenters. The molecular weight excluding hydrogens is 276 g/mol. The molecular formula is C18H28N2O2. The first-order chi connectivity index (χ1) is 10.6. The second-order valence-corrected chi connectivity index (χ2v) is 6.27. The highest BCUT2D eigenvalue weighted by molar-refractivity contribution is 5.81. The molecule has 0 bridgehead atoms. The van der Waals surface area contributed by atoms with Crippen molar-refractivity contribution in [1.29, 1.82) is 0 Å². The van der Waals surface area contributed by atoms with Gasteiger partial charge in [-0.05, 0) is 38.8 Å². The van der Waals surface area contributed by atoms with Gasteiger partial charge in [-0.2, -0.15) is 0 Å². The first kappa shape index (κ1) is 16.7. The van der Waals surface area contributed by atoms with Crippen LogP contribution in [0.2, 0.25) is 0 Å². The summed E-state index contributed by atoms with van der Waals surface area (Å²) in [5.41, 5.74) is 0.868. The molecule has 2 N–H and O–H groups in total. The number of carbonyl (C=O) groups is 1. The average molecular weight is 304 g/mol. The van der Waals surface area contributed by atoms with E-state index in [1.165, 1.54) is 25.7 Å². The fourth-order valence-corrected chi connectivity index (χ4v) is 2.85. The SMILES string of the molecule is CC(C)Oc1ccccc1NCC(=O)NC1CCCCCC1. The molecule has 0 aromatic heterocycles. The van der Waals surface area contributed by atoms with Crippen molar-refractivity contribution in [3.05, 3.63) is 24.3 Å².